The number of rotatable bonds is 0. The maximum atomic E-state index is 13.3. The molecule has 0 spiro atoms. The molecule has 64 valence electrons. The topological polar surface area (TPSA) is 26.0 Å². The first-order chi connectivity index (χ1) is 5.68. The molecule has 0 heterocycles. The van der Waals surface area contributed by atoms with E-state index >= 15 is 0 Å². The van der Waals surface area contributed by atoms with Gasteiger partial charge in [0.15, 0.2) is 0 Å². The zero-order chi connectivity index (χ0) is 8.72. The molecule has 1 atom stereocenters. The fourth-order valence-electron chi connectivity index (χ4n) is 1.97. The van der Waals surface area contributed by atoms with Gasteiger partial charge in [0.1, 0.15) is 5.82 Å². The van der Waals surface area contributed by atoms with Crippen LogP contribution >= 0.6 is 0 Å². The number of hydrogen-bond acceptors (Lipinski definition) is 1. The Morgan fingerprint density at radius 3 is 3.00 bits per heavy atom. The molecule has 0 saturated heterocycles. The van der Waals surface area contributed by atoms with E-state index in [0.717, 1.165) is 24.0 Å². The summed E-state index contributed by atoms with van der Waals surface area (Å²) in [6.07, 6.45) is 2.02. The van der Waals surface area contributed by atoms with Gasteiger partial charge in [-0.2, -0.15) is 0 Å². The van der Waals surface area contributed by atoms with E-state index in [4.69, 9.17) is 5.73 Å². The fraction of sp³-hybridized carbons (Fsp3) is 0.400. The fourth-order valence-corrected chi connectivity index (χ4v) is 1.97. The number of benzene rings is 1. The van der Waals surface area contributed by atoms with Crippen molar-refractivity contribution in [1.29, 1.82) is 0 Å². The van der Waals surface area contributed by atoms with Gasteiger partial charge in [0.25, 0.3) is 0 Å². The summed E-state index contributed by atoms with van der Waals surface area (Å²) in [6, 6.07) is 3.31. The Morgan fingerprint density at radius 1 is 1.50 bits per heavy atom. The third-order valence-electron chi connectivity index (χ3n) is 2.58. The van der Waals surface area contributed by atoms with E-state index in [0.29, 0.717) is 11.6 Å². The Labute approximate surface area is 71.4 Å². The van der Waals surface area contributed by atoms with Crippen molar-refractivity contribution in [2.45, 2.75) is 25.7 Å². The second-order valence-electron chi connectivity index (χ2n) is 3.52. The van der Waals surface area contributed by atoms with Crippen LogP contribution in [0.1, 0.15) is 30.4 Å². The van der Waals surface area contributed by atoms with E-state index in [1.165, 1.54) is 6.07 Å². The minimum atomic E-state index is -0.130. The summed E-state index contributed by atoms with van der Waals surface area (Å²) >= 11 is 0. The van der Waals surface area contributed by atoms with E-state index in [-0.39, 0.29) is 5.82 Å². The van der Waals surface area contributed by atoms with Crippen molar-refractivity contribution in [2.24, 2.45) is 0 Å². The van der Waals surface area contributed by atoms with Crippen molar-refractivity contribution in [3.8, 4) is 0 Å². The third kappa shape index (κ3) is 0.986. The molecule has 0 aliphatic heterocycles. The predicted octanol–water partition coefficient (Wildman–Crippen LogP) is 2.46. The number of anilines is 1. The molecule has 0 amide bonds. The van der Waals surface area contributed by atoms with Crippen molar-refractivity contribution in [3.63, 3.8) is 0 Å². The van der Waals surface area contributed by atoms with E-state index < -0.39 is 0 Å². The van der Waals surface area contributed by atoms with Gasteiger partial charge >= 0.3 is 0 Å². The van der Waals surface area contributed by atoms with E-state index in [1.54, 1.807) is 0 Å². The molecule has 1 unspecified atom stereocenters. The van der Waals surface area contributed by atoms with E-state index in [1.807, 2.05) is 6.07 Å². The van der Waals surface area contributed by atoms with Crippen molar-refractivity contribution in [1.82, 2.24) is 0 Å². The van der Waals surface area contributed by atoms with Crippen LogP contribution < -0.4 is 5.73 Å². The Bertz CT molecular complexity index is 320. The van der Waals surface area contributed by atoms with Crippen molar-refractivity contribution < 1.29 is 4.39 Å². The molecule has 1 nitrogen and oxygen atoms in total. The molecular weight excluding hydrogens is 153 g/mol. The number of aryl methyl sites for hydroxylation is 1. The molecule has 2 N–H and O–H groups in total. The average Bonchev–Trinajstić information content (AvgIpc) is 2.31. The first-order valence-corrected chi connectivity index (χ1v) is 4.26. The summed E-state index contributed by atoms with van der Waals surface area (Å²) < 4.78 is 13.3. The predicted molar refractivity (Wildman–Crippen MR) is 47.5 cm³/mol. The van der Waals surface area contributed by atoms with Gasteiger partial charge in [0.2, 0.25) is 0 Å². The van der Waals surface area contributed by atoms with Crippen LogP contribution in [0, 0.1) is 5.82 Å². The van der Waals surface area contributed by atoms with Gasteiger partial charge in [0.05, 0.1) is 0 Å². The van der Waals surface area contributed by atoms with Crippen molar-refractivity contribution in [3.05, 3.63) is 29.1 Å². The quantitative estimate of drug-likeness (QED) is 0.587. The molecule has 1 aliphatic carbocycles. The van der Waals surface area contributed by atoms with Gasteiger partial charge in [0, 0.05) is 5.69 Å². The summed E-state index contributed by atoms with van der Waals surface area (Å²) in [5, 5.41) is 0. The lowest BCUT2D eigenvalue weighted by Crippen LogP contribution is -1.95. The molecule has 0 aromatic heterocycles. The molecule has 1 aromatic rings. The molecule has 0 saturated carbocycles. The average molecular weight is 165 g/mol. The Hall–Kier alpha value is -1.05. The monoisotopic (exact) mass is 165 g/mol. The Morgan fingerprint density at radius 2 is 2.25 bits per heavy atom. The lowest BCUT2D eigenvalue weighted by Gasteiger charge is -2.06. The van der Waals surface area contributed by atoms with Gasteiger partial charge in [-0.25, -0.2) is 4.39 Å². The highest BCUT2D eigenvalue weighted by Gasteiger charge is 2.22. The second kappa shape index (κ2) is 2.47. The lowest BCUT2D eigenvalue weighted by molar-refractivity contribution is 0.596. The van der Waals surface area contributed by atoms with Gasteiger partial charge in [-0.15, -0.1) is 0 Å². The van der Waals surface area contributed by atoms with Gasteiger partial charge in [-0.3, -0.25) is 0 Å². The number of nitrogens with two attached hydrogens (primary N) is 1. The smallest absolute Gasteiger partial charge is 0.128 e. The van der Waals surface area contributed by atoms with Crippen LogP contribution in [0.4, 0.5) is 10.1 Å². The van der Waals surface area contributed by atoms with Crippen LogP contribution in [-0.4, -0.2) is 0 Å². The van der Waals surface area contributed by atoms with Crippen molar-refractivity contribution in [2.75, 3.05) is 5.73 Å². The number of hydrogen-bond donors (Lipinski definition) is 1. The molecule has 0 bridgehead atoms. The lowest BCUT2D eigenvalue weighted by atomic mass is 10.0. The normalized spacial score (nSPS) is 21.0. The molecular formula is C10H12FN. The Kier molecular flexibility index (Phi) is 1.56. The zero-order valence-corrected chi connectivity index (χ0v) is 7.10. The first-order valence-electron chi connectivity index (χ1n) is 4.26. The maximum Gasteiger partial charge on any atom is 0.128 e. The zero-order valence-electron chi connectivity index (χ0n) is 7.10. The minimum Gasteiger partial charge on any atom is -0.399 e. The summed E-state index contributed by atoms with van der Waals surface area (Å²) in [5.74, 6) is 0.232. The molecule has 0 radical (unpaired) electrons. The molecule has 12 heavy (non-hydrogen) atoms. The molecule has 1 aliphatic rings. The SMILES string of the molecule is CC1CCc2cc(N)cc(F)c21. The standard InChI is InChI=1S/C10H12FN/c1-6-2-3-7-4-8(12)5-9(11)10(6)7/h4-6H,2-3,12H2,1H3. The second-order valence-corrected chi connectivity index (χ2v) is 3.52. The van der Waals surface area contributed by atoms with E-state index in [9.17, 15) is 4.39 Å². The summed E-state index contributed by atoms with van der Waals surface area (Å²) in [5.41, 5.74) is 8.06. The first kappa shape index (κ1) is 7.59. The summed E-state index contributed by atoms with van der Waals surface area (Å²) in [6.45, 7) is 2.06. The minimum absolute atomic E-state index is 0.130. The van der Waals surface area contributed by atoms with Gasteiger partial charge in [-0.1, -0.05) is 6.92 Å². The van der Waals surface area contributed by atoms with Crippen LogP contribution in [0.25, 0.3) is 0 Å². The van der Waals surface area contributed by atoms with Crippen LogP contribution in [-0.2, 0) is 6.42 Å². The van der Waals surface area contributed by atoms with E-state index in [2.05, 4.69) is 6.92 Å². The van der Waals surface area contributed by atoms with Crippen LogP contribution in [0.5, 0.6) is 0 Å². The molecule has 1 aromatic carbocycles. The largest absolute Gasteiger partial charge is 0.399 e. The highest BCUT2D eigenvalue weighted by Crippen LogP contribution is 2.35. The Balaban J connectivity index is 2.60. The number of halogens is 1. The van der Waals surface area contributed by atoms with Gasteiger partial charge < -0.3 is 5.73 Å². The van der Waals surface area contributed by atoms with Crippen molar-refractivity contribution >= 4 is 5.69 Å². The van der Waals surface area contributed by atoms with Crippen LogP contribution in [0.15, 0.2) is 12.1 Å². The highest BCUT2D eigenvalue weighted by atomic mass is 19.1. The number of nitrogen functional groups attached to an aromatic ring is 1. The molecule has 2 heteroatoms. The van der Waals surface area contributed by atoms with Crippen LogP contribution in [0.2, 0.25) is 0 Å². The maximum absolute atomic E-state index is 13.3. The highest BCUT2D eigenvalue weighted by molar-refractivity contribution is 5.48. The third-order valence-corrected chi connectivity index (χ3v) is 2.58. The van der Waals surface area contributed by atoms with Crippen LogP contribution in [0.3, 0.4) is 0 Å². The summed E-state index contributed by atoms with van der Waals surface area (Å²) in [7, 11) is 0. The molecule has 0 fully saturated rings. The molecule has 2 rings (SSSR count). The summed E-state index contributed by atoms with van der Waals surface area (Å²) in [4.78, 5) is 0. The van der Waals surface area contributed by atoms with Gasteiger partial charge in [-0.05, 0) is 42.0 Å². The number of fused-ring (bicyclic) bond motifs is 1.